The Labute approximate surface area is 145 Å². The van der Waals surface area contributed by atoms with E-state index in [1.807, 2.05) is 24.3 Å². The first-order valence-electron chi connectivity index (χ1n) is 8.63. The van der Waals surface area contributed by atoms with E-state index >= 15 is 0 Å². The van der Waals surface area contributed by atoms with Crippen LogP contribution >= 0.6 is 0 Å². The van der Waals surface area contributed by atoms with Crippen LogP contribution in [-0.2, 0) is 32.6 Å². The van der Waals surface area contributed by atoms with E-state index in [0.29, 0.717) is 13.1 Å². The van der Waals surface area contributed by atoms with Gasteiger partial charge in [0.15, 0.2) is 5.82 Å². The molecule has 2 aromatic heterocycles. The Bertz CT molecular complexity index is 911. The lowest BCUT2D eigenvalue weighted by Crippen LogP contribution is -2.35. The summed E-state index contributed by atoms with van der Waals surface area (Å²) in [6.07, 6.45) is 2.06. The average Bonchev–Trinajstić information content (AvgIpc) is 3.31. The fourth-order valence-corrected chi connectivity index (χ4v) is 3.34. The number of benzene rings is 1. The molecule has 0 aliphatic carbocycles. The minimum absolute atomic E-state index is 0.231. The van der Waals surface area contributed by atoms with Crippen molar-refractivity contribution >= 4 is 17.1 Å². The predicted molar refractivity (Wildman–Crippen MR) is 92.8 cm³/mol. The Hall–Kier alpha value is -2.90. The van der Waals surface area contributed by atoms with E-state index in [1.165, 1.54) is 0 Å². The Balaban J connectivity index is 1.37. The van der Waals surface area contributed by atoms with Crippen LogP contribution in [0.5, 0.6) is 0 Å². The van der Waals surface area contributed by atoms with Gasteiger partial charge in [-0.1, -0.05) is 12.1 Å². The number of aryl methyl sites for hydroxylation is 2. The maximum atomic E-state index is 12.1. The third-order valence-electron chi connectivity index (χ3n) is 4.55. The molecule has 0 spiro atoms. The van der Waals surface area contributed by atoms with Gasteiger partial charge < -0.3 is 19.8 Å². The van der Waals surface area contributed by atoms with Crippen LogP contribution in [0.3, 0.4) is 0 Å². The molecule has 0 saturated heterocycles. The van der Waals surface area contributed by atoms with Gasteiger partial charge in [0.05, 0.1) is 24.1 Å². The van der Waals surface area contributed by atoms with Gasteiger partial charge in [-0.05, 0) is 25.5 Å². The Morgan fingerprint density at radius 1 is 1.16 bits per heavy atom. The molecular formula is C17H21N7O. The lowest BCUT2D eigenvalue weighted by molar-refractivity contribution is 0.239. The summed E-state index contributed by atoms with van der Waals surface area (Å²) in [5.74, 6) is 2.67. The van der Waals surface area contributed by atoms with E-state index in [-0.39, 0.29) is 6.03 Å². The number of urea groups is 1. The van der Waals surface area contributed by atoms with Gasteiger partial charge >= 0.3 is 6.03 Å². The molecule has 0 fully saturated rings. The molecule has 1 aliphatic rings. The van der Waals surface area contributed by atoms with Crippen LogP contribution in [0.15, 0.2) is 24.3 Å². The van der Waals surface area contributed by atoms with Gasteiger partial charge in [-0.25, -0.2) is 9.78 Å². The Kier molecular flexibility index (Phi) is 4.09. The van der Waals surface area contributed by atoms with Gasteiger partial charge in [0.25, 0.3) is 0 Å². The molecule has 130 valence electrons. The van der Waals surface area contributed by atoms with E-state index in [4.69, 9.17) is 0 Å². The summed E-state index contributed by atoms with van der Waals surface area (Å²) in [7, 11) is 0. The van der Waals surface area contributed by atoms with Crippen LogP contribution in [0.25, 0.3) is 11.0 Å². The Morgan fingerprint density at radius 2 is 1.96 bits per heavy atom. The first-order valence-corrected chi connectivity index (χ1v) is 8.63. The summed E-state index contributed by atoms with van der Waals surface area (Å²) >= 11 is 0. The fourth-order valence-electron chi connectivity index (χ4n) is 3.34. The molecule has 8 nitrogen and oxygen atoms in total. The number of nitrogens with zero attached hydrogens (tertiary/aromatic N) is 5. The van der Waals surface area contributed by atoms with Crippen LogP contribution in [0.4, 0.5) is 4.79 Å². The minimum atomic E-state index is -0.231. The molecule has 1 aliphatic heterocycles. The van der Waals surface area contributed by atoms with Crippen molar-refractivity contribution in [3.05, 3.63) is 41.7 Å². The van der Waals surface area contributed by atoms with Gasteiger partial charge in [0.1, 0.15) is 11.6 Å². The summed E-state index contributed by atoms with van der Waals surface area (Å²) < 4.78 is 4.19. The molecule has 0 unspecified atom stereocenters. The zero-order valence-corrected chi connectivity index (χ0v) is 14.2. The second-order valence-electron chi connectivity index (χ2n) is 6.08. The number of nitrogens with one attached hydrogen (secondary N) is 2. The van der Waals surface area contributed by atoms with Crippen molar-refractivity contribution in [2.45, 2.75) is 45.9 Å². The van der Waals surface area contributed by atoms with Gasteiger partial charge in [-0.15, -0.1) is 10.2 Å². The molecule has 0 atom stereocenters. The van der Waals surface area contributed by atoms with Crippen molar-refractivity contribution in [3.8, 4) is 0 Å². The molecule has 0 saturated carbocycles. The number of hydrogen-bond donors (Lipinski definition) is 2. The molecule has 4 rings (SSSR count). The normalized spacial score (nSPS) is 13.2. The molecule has 1 aromatic carbocycles. The standard InChI is InChI=1S/C17H21N7O/c1-2-23-13-7-4-3-6-12(13)20-15(23)10-18-17(25)19-11-16-22-21-14-8-5-9-24(14)16/h3-4,6-7H,2,5,8-11H2,1H3,(H2,18,19,25). The molecular weight excluding hydrogens is 318 g/mol. The maximum absolute atomic E-state index is 12.1. The molecule has 2 N–H and O–H groups in total. The van der Waals surface area contributed by atoms with Gasteiger partial charge in [-0.3, -0.25) is 0 Å². The monoisotopic (exact) mass is 339 g/mol. The summed E-state index contributed by atoms with van der Waals surface area (Å²) in [6, 6.07) is 7.76. The molecule has 25 heavy (non-hydrogen) atoms. The van der Waals surface area contributed by atoms with Crippen LogP contribution in [-0.4, -0.2) is 30.3 Å². The highest BCUT2D eigenvalue weighted by molar-refractivity contribution is 5.76. The van der Waals surface area contributed by atoms with E-state index in [9.17, 15) is 4.79 Å². The summed E-state index contributed by atoms with van der Waals surface area (Å²) in [4.78, 5) is 16.7. The first-order chi connectivity index (χ1) is 12.3. The second-order valence-corrected chi connectivity index (χ2v) is 6.08. The van der Waals surface area contributed by atoms with E-state index in [1.54, 1.807) is 0 Å². The van der Waals surface area contributed by atoms with Crippen LogP contribution in [0.2, 0.25) is 0 Å². The quantitative estimate of drug-likeness (QED) is 0.739. The predicted octanol–water partition coefficient (Wildman–Crippen LogP) is 1.59. The van der Waals surface area contributed by atoms with E-state index in [2.05, 4.69) is 41.9 Å². The topological polar surface area (TPSA) is 89.7 Å². The highest BCUT2D eigenvalue weighted by Crippen LogP contribution is 2.16. The highest BCUT2D eigenvalue weighted by atomic mass is 16.2. The minimum Gasteiger partial charge on any atom is -0.331 e. The zero-order chi connectivity index (χ0) is 17.2. The van der Waals surface area contributed by atoms with Crippen LogP contribution < -0.4 is 10.6 Å². The lowest BCUT2D eigenvalue weighted by atomic mass is 10.3. The van der Waals surface area contributed by atoms with E-state index in [0.717, 1.165) is 54.4 Å². The zero-order valence-electron chi connectivity index (χ0n) is 14.2. The van der Waals surface area contributed by atoms with Crippen molar-refractivity contribution in [1.82, 2.24) is 34.9 Å². The maximum Gasteiger partial charge on any atom is 0.315 e. The lowest BCUT2D eigenvalue weighted by Gasteiger charge is -2.09. The molecule has 3 heterocycles. The van der Waals surface area contributed by atoms with Crippen molar-refractivity contribution in [1.29, 1.82) is 0 Å². The summed E-state index contributed by atoms with van der Waals surface area (Å²) in [6.45, 7) is 4.57. The number of aromatic nitrogens is 5. The summed E-state index contributed by atoms with van der Waals surface area (Å²) in [5, 5.41) is 14.0. The van der Waals surface area contributed by atoms with Gasteiger partial charge in [0.2, 0.25) is 0 Å². The molecule has 2 amide bonds. The summed E-state index contributed by atoms with van der Waals surface area (Å²) in [5.41, 5.74) is 2.03. The molecule has 3 aromatic rings. The van der Waals surface area contributed by atoms with Crippen molar-refractivity contribution in [2.24, 2.45) is 0 Å². The number of amides is 2. The number of rotatable bonds is 5. The number of fused-ring (bicyclic) bond motifs is 2. The third-order valence-corrected chi connectivity index (χ3v) is 4.55. The van der Waals surface area contributed by atoms with Crippen molar-refractivity contribution < 1.29 is 4.79 Å². The molecule has 0 bridgehead atoms. The SMILES string of the molecule is CCn1c(CNC(=O)NCc2nnc3n2CCC3)nc2ccccc21. The first kappa shape index (κ1) is 15.6. The smallest absolute Gasteiger partial charge is 0.315 e. The van der Waals surface area contributed by atoms with Gasteiger partial charge in [0, 0.05) is 19.5 Å². The Morgan fingerprint density at radius 3 is 2.80 bits per heavy atom. The number of para-hydroxylation sites is 2. The highest BCUT2D eigenvalue weighted by Gasteiger charge is 2.17. The number of hydrogen-bond acceptors (Lipinski definition) is 4. The van der Waals surface area contributed by atoms with E-state index < -0.39 is 0 Å². The molecule has 0 radical (unpaired) electrons. The van der Waals surface area contributed by atoms with Crippen LogP contribution in [0, 0.1) is 0 Å². The van der Waals surface area contributed by atoms with Gasteiger partial charge in [-0.2, -0.15) is 0 Å². The second kappa shape index (κ2) is 6.54. The fraction of sp³-hybridized carbons (Fsp3) is 0.412. The number of imidazole rings is 1. The molecule has 8 heteroatoms. The van der Waals surface area contributed by atoms with Crippen molar-refractivity contribution in [3.63, 3.8) is 0 Å². The number of carbonyl (C=O) groups is 1. The third kappa shape index (κ3) is 2.95. The average molecular weight is 339 g/mol. The largest absolute Gasteiger partial charge is 0.331 e. The van der Waals surface area contributed by atoms with Crippen LogP contribution in [0.1, 0.15) is 30.8 Å². The number of carbonyl (C=O) groups excluding carboxylic acids is 1. The van der Waals surface area contributed by atoms with Crippen molar-refractivity contribution in [2.75, 3.05) is 0 Å².